The monoisotopic (exact) mass is 317 g/mol. The molecular weight excluding hydrogens is 301 g/mol. The maximum atomic E-state index is 5.33. The van der Waals surface area contributed by atoms with Crippen LogP contribution in [0.15, 0.2) is 24.3 Å². The molecule has 0 saturated carbocycles. The Balaban J connectivity index is 1.71. The fourth-order valence-electron chi connectivity index (χ4n) is 1.77. The van der Waals surface area contributed by atoms with E-state index in [9.17, 15) is 0 Å². The topological polar surface area (TPSA) is 21.3 Å². The summed E-state index contributed by atoms with van der Waals surface area (Å²) in [7, 11) is 0. The van der Waals surface area contributed by atoms with Gasteiger partial charge in [-0.3, -0.25) is 0 Å². The van der Waals surface area contributed by atoms with Gasteiger partial charge < -0.3 is 10.1 Å². The number of ether oxygens (including phenoxy) is 1. The van der Waals surface area contributed by atoms with E-state index in [1.165, 1.54) is 15.6 Å². The second kappa shape index (κ2) is 5.82. The van der Waals surface area contributed by atoms with Gasteiger partial charge in [0.1, 0.15) is 0 Å². The first-order valence-electron chi connectivity index (χ1n) is 5.37. The molecule has 3 heteroatoms. The SMILES string of the molecule is Ic1ccc(CNCC2CCOC2)cc1. The van der Waals surface area contributed by atoms with Crippen molar-refractivity contribution in [3.8, 4) is 0 Å². The number of benzene rings is 1. The second-order valence-electron chi connectivity index (χ2n) is 3.99. The fraction of sp³-hybridized carbons (Fsp3) is 0.500. The molecule has 0 spiro atoms. The van der Waals surface area contributed by atoms with E-state index in [0.717, 1.165) is 26.3 Å². The van der Waals surface area contributed by atoms with Crippen LogP contribution in [0.3, 0.4) is 0 Å². The number of hydrogen-bond donors (Lipinski definition) is 1. The predicted molar refractivity (Wildman–Crippen MR) is 69.8 cm³/mol. The lowest BCUT2D eigenvalue weighted by Gasteiger charge is -2.09. The Labute approximate surface area is 105 Å². The number of nitrogens with one attached hydrogen (secondary N) is 1. The molecule has 1 unspecified atom stereocenters. The zero-order chi connectivity index (χ0) is 10.5. The van der Waals surface area contributed by atoms with Crippen LogP contribution >= 0.6 is 22.6 Å². The molecule has 1 aromatic rings. The van der Waals surface area contributed by atoms with Gasteiger partial charge in [-0.1, -0.05) is 12.1 Å². The van der Waals surface area contributed by atoms with Gasteiger partial charge >= 0.3 is 0 Å². The summed E-state index contributed by atoms with van der Waals surface area (Å²) in [6, 6.07) is 8.66. The van der Waals surface area contributed by atoms with E-state index in [-0.39, 0.29) is 0 Å². The lowest BCUT2D eigenvalue weighted by Crippen LogP contribution is -2.22. The van der Waals surface area contributed by atoms with Gasteiger partial charge in [-0.25, -0.2) is 0 Å². The van der Waals surface area contributed by atoms with Crippen molar-refractivity contribution in [2.45, 2.75) is 13.0 Å². The third-order valence-electron chi connectivity index (χ3n) is 2.70. The third-order valence-corrected chi connectivity index (χ3v) is 3.42. The summed E-state index contributed by atoms with van der Waals surface area (Å²) in [6.07, 6.45) is 1.21. The molecule has 1 heterocycles. The Bertz CT molecular complexity index is 293. The molecule has 1 aliphatic heterocycles. The van der Waals surface area contributed by atoms with Gasteiger partial charge in [-0.05, 0) is 52.6 Å². The molecule has 0 aromatic heterocycles. The quantitative estimate of drug-likeness (QED) is 0.861. The number of rotatable bonds is 4. The van der Waals surface area contributed by atoms with E-state index >= 15 is 0 Å². The largest absolute Gasteiger partial charge is 0.381 e. The van der Waals surface area contributed by atoms with Crippen LogP contribution in [-0.2, 0) is 11.3 Å². The van der Waals surface area contributed by atoms with Gasteiger partial charge in [-0.2, -0.15) is 0 Å². The minimum absolute atomic E-state index is 0.717. The fourth-order valence-corrected chi connectivity index (χ4v) is 2.13. The first-order chi connectivity index (χ1) is 7.34. The number of halogens is 1. The Morgan fingerprint density at radius 3 is 2.80 bits per heavy atom. The van der Waals surface area contributed by atoms with Crippen molar-refractivity contribution >= 4 is 22.6 Å². The number of hydrogen-bond acceptors (Lipinski definition) is 2. The van der Waals surface area contributed by atoms with Gasteiger partial charge in [0, 0.05) is 23.3 Å². The highest BCUT2D eigenvalue weighted by molar-refractivity contribution is 14.1. The molecule has 2 nitrogen and oxygen atoms in total. The molecule has 82 valence electrons. The van der Waals surface area contributed by atoms with Gasteiger partial charge in [0.15, 0.2) is 0 Å². The summed E-state index contributed by atoms with van der Waals surface area (Å²) in [4.78, 5) is 0. The van der Waals surface area contributed by atoms with Crippen molar-refractivity contribution in [3.05, 3.63) is 33.4 Å². The molecule has 1 atom stereocenters. The van der Waals surface area contributed by atoms with E-state index in [1.807, 2.05) is 0 Å². The summed E-state index contributed by atoms with van der Waals surface area (Å²) < 4.78 is 6.63. The van der Waals surface area contributed by atoms with Crippen LogP contribution in [0, 0.1) is 9.49 Å². The molecule has 0 bridgehead atoms. The average molecular weight is 317 g/mol. The Kier molecular flexibility index (Phi) is 4.41. The normalized spacial score (nSPS) is 20.7. The predicted octanol–water partition coefficient (Wildman–Crippen LogP) is 2.42. The molecule has 15 heavy (non-hydrogen) atoms. The highest BCUT2D eigenvalue weighted by Crippen LogP contribution is 2.11. The lowest BCUT2D eigenvalue weighted by atomic mass is 10.1. The first-order valence-corrected chi connectivity index (χ1v) is 6.45. The van der Waals surface area contributed by atoms with Gasteiger partial charge in [0.25, 0.3) is 0 Å². The van der Waals surface area contributed by atoms with Crippen LogP contribution < -0.4 is 5.32 Å². The van der Waals surface area contributed by atoms with Crippen molar-refractivity contribution in [1.29, 1.82) is 0 Å². The van der Waals surface area contributed by atoms with E-state index in [1.54, 1.807) is 0 Å². The summed E-state index contributed by atoms with van der Waals surface area (Å²) in [5.41, 5.74) is 1.36. The third kappa shape index (κ3) is 3.74. The maximum absolute atomic E-state index is 5.33. The van der Waals surface area contributed by atoms with E-state index in [0.29, 0.717) is 5.92 Å². The van der Waals surface area contributed by atoms with Crippen LogP contribution in [0.1, 0.15) is 12.0 Å². The van der Waals surface area contributed by atoms with Crippen LogP contribution in [0.5, 0.6) is 0 Å². The highest BCUT2D eigenvalue weighted by Gasteiger charge is 2.14. The summed E-state index contributed by atoms with van der Waals surface area (Å²) in [5.74, 6) is 0.717. The average Bonchev–Trinajstić information content (AvgIpc) is 2.74. The molecular formula is C12H16INO. The smallest absolute Gasteiger partial charge is 0.0507 e. The lowest BCUT2D eigenvalue weighted by molar-refractivity contribution is 0.185. The Hall–Kier alpha value is -0.130. The summed E-state index contributed by atoms with van der Waals surface area (Å²) >= 11 is 2.33. The van der Waals surface area contributed by atoms with Crippen molar-refractivity contribution in [2.24, 2.45) is 5.92 Å². The van der Waals surface area contributed by atoms with Crippen LogP contribution in [0.2, 0.25) is 0 Å². The standard InChI is InChI=1S/C12H16INO/c13-12-3-1-10(2-4-12)7-14-8-11-5-6-15-9-11/h1-4,11,14H,5-9H2. The summed E-state index contributed by atoms with van der Waals surface area (Å²) in [5, 5.41) is 3.48. The second-order valence-corrected chi connectivity index (χ2v) is 5.23. The molecule has 0 aliphatic carbocycles. The molecule has 1 saturated heterocycles. The van der Waals surface area contributed by atoms with Gasteiger partial charge in [0.2, 0.25) is 0 Å². The van der Waals surface area contributed by atoms with Crippen LogP contribution in [0.4, 0.5) is 0 Å². The Morgan fingerprint density at radius 1 is 1.33 bits per heavy atom. The van der Waals surface area contributed by atoms with Crippen molar-refractivity contribution < 1.29 is 4.74 Å². The zero-order valence-electron chi connectivity index (χ0n) is 8.71. The van der Waals surface area contributed by atoms with E-state index in [2.05, 4.69) is 52.2 Å². The maximum Gasteiger partial charge on any atom is 0.0507 e. The summed E-state index contributed by atoms with van der Waals surface area (Å²) in [6.45, 7) is 3.91. The molecule has 0 radical (unpaired) electrons. The van der Waals surface area contributed by atoms with Gasteiger partial charge in [-0.15, -0.1) is 0 Å². The van der Waals surface area contributed by atoms with E-state index in [4.69, 9.17) is 4.74 Å². The minimum Gasteiger partial charge on any atom is -0.381 e. The van der Waals surface area contributed by atoms with Crippen LogP contribution in [-0.4, -0.2) is 19.8 Å². The Morgan fingerprint density at radius 2 is 2.13 bits per heavy atom. The zero-order valence-corrected chi connectivity index (χ0v) is 10.9. The molecule has 1 aliphatic rings. The molecule has 1 fully saturated rings. The van der Waals surface area contributed by atoms with Crippen molar-refractivity contribution in [2.75, 3.05) is 19.8 Å². The molecule has 1 aromatic carbocycles. The molecule has 0 amide bonds. The highest BCUT2D eigenvalue weighted by atomic mass is 127. The minimum atomic E-state index is 0.717. The molecule has 1 N–H and O–H groups in total. The van der Waals surface area contributed by atoms with Crippen molar-refractivity contribution in [3.63, 3.8) is 0 Å². The first kappa shape index (κ1) is 11.4. The van der Waals surface area contributed by atoms with Crippen molar-refractivity contribution in [1.82, 2.24) is 5.32 Å². The van der Waals surface area contributed by atoms with E-state index < -0.39 is 0 Å². The van der Waals surface area contributed by atoms with Gasteiger partial charge in [0.05, 0.1) is 6.61 Å². The van der Waals surface area contributed by atoms with Crippen LogP contribution in [0.25, 0.3) is 0 Å². The molecule has 2 rings (SSSR count).